The summed E-state index contributed by atoms with van der Waals surface area (Å²) >= 11 is 0. The van der Waals surface area contributed by atoms with Crippen molar-refractivity contribution >= 4 is 0 Å². The summed E-state index contributed by atoms with van der Waals surface area (Å²) in [7, 11) is 0. The van der Waals surface area contributed by atoms with Crippen LogP contribution in [0.15, 0.2) is 41.8 Å². The van der Waals surface area contributed by atoms with Crippen molar-refractivity contribution in [2.45, 2.75) is 26.4 Å². The Hall–Kier alpha value is -1.84. The summed E-state index contributed by atoms with van der Waals surface area (Å²) < 4.78 is 3.75. The fraction of sp³-hybridized carbons (Fsp3) is 0.333. The minimum atomic E-state index is 0.0747. The van der Waals surface area contributed by atoms with Crippen molar-refractivity contribution in [3.05, 3.63) is 53.0 Å². The van der Waals surface area contributed by atoms with Crippen molar-refractivity contribution < 1.29 is 0 Å². The van der Waals surface area contributed by atoms with Crippen LogP contribution in [0.25, 0.3) is 0 Å². The van der Waals surface area contributed by atoms with E-state index in [1.807, 2.05) is 30.0 Å². The van der Waals surface area contributed by atoms with Crippen LogP contribution < -0.4 is 5.56 Å². The van der Waals surface area contributed by atoms with E-state index in [-0.39, 0.29) is 5.56 Å². The van der Waals surface area contributed by atoms with Gasteiger partial charge >= 0.3 is 0 Å². The fourth-order valence-electron chi connectivity index (χ4n) is 1.63. The second-order valence-electron chi connectivity index (χ2n) is 3.89. The van der Waals surface area contributed by atoms with Crippen LogP contribution in [0, 0.1) is 6.92 Å². The second kappa shape index (κ2) is 4.79. The first-order chi connectivity index (χ1) is 7.75. The van der Waals surface area contributed by atoms with Gasteiger partial charge in [-0.3, -0.25) is 4.79 Å². The largest absolute Gasteiger partial charge is 0.337 e. The van der Waals surface area contributed by atoms with Crippen LogP contribution >= 0.6 is 0 Å². The Morgan fingerprint density at radius 2 is 2.19 bits per heavy atom. The molecule has 2 rings (SSSR count). The number of rotatable bonds is 4. The van der Waals surface area contributed by atoms with Gasteiger partial charge in [0.25, 0.3) is 5.56 Å². The molecule has 0 aliphatic rings. The molecule has 2 heterocycles. The van der Waals surface area contributed by atoms with Crippen LogP contribution in [0.3, 0.4) is 0 Å². The van der Waals surface area contributed by atoms with Crippen LogP contribution in [0.2, 0.25) is 0 Å². The van der Waals surface area contributed by atoms with Gasteiger partial charge in [-0.25, -0.2) is 4.98 Å². The summed E-state index contributed by atoms with van der Waals surface area (Å²) in [4.78, 5) is 15.5. The molecule has 0 atom stereocenters. The minimum Gasteiger partial charge on any atom is -0.337 e. The molecule has 2 aromatic rings. The summed E-state index contributed by atoms with van der Waals surface area (Å²) in [5, 5.41) is 0. The SMILES string of the molecule is Cc1ccn(CCCn2ccnc2)c(=O)c1. The lowest BCUT2D eigenvalue weighted by molar-refractivity contribution is 0.552. The highest BCUT2D eigenvalue weighted by molar-refractivity contribution is 5.07. The summed E-state index contributed by atoms with van der Waals surface area (Å²) in [6.45, 7) is 3.56. The van der Waals surface area contributed by atoms with Gasteiger partial charge in [0.2, 0.25) is 0 Å². The Bertz CT molecular complexity index is 499. The highest BCUT2D eigenvalue weighted by Crippen LogP contribution is 1.95. The van der Waals surface area contributed by atoms with Crippen molar-refractivity contribution in [2.75, 3.05) is 0 Å². The van der Waals surface area contributed by atoms with Crippen molar-refractivity contribution in [3.8, 4) is 0 Å². The molecule has 0 aliphatic heterocycles. The molecule has 0 aromatic carbocycles. The molecule has 0 unspecified atom stereocenters. The molecule has 0 bridgehead atoms. The second-order valence-corrected chi connectivity index (χ2v) is 3.89. The van der Waals surface area contributed by atoms with Gasteiger partial charge in [0.1, 0.15) is 0 Å². The molecule has 4 nitrogen and oxygen atoms in total. The van der Waals surface area contributed by atoms with E-state index in [1.165, 1.54) is 0 Å². The molecule has 0 fully saturated rings. The Kier molecular flexibility index (Phi) is 3.19. The number of pyridine rings is 1. The maximum atomic E-state index is 11.6. The standard InChI is InChI=1S/C12H15N3O/c1-11-3-7-15(12(16)9-11)6-2-5-14-8-4-13-10-14/h3-4,7-10H,2,5-6H2,1H3. The third-order valence-corrected chi connectivity index (χ3v) is 2.53. The minimum absolute atomic E-state index is 0.0747. The highest BCUT2D eigenvalue weighted by atomic mass is 16.1. The molecular weight excluding hydrogens is 202 g/mol. The molecule has 84 valence electrons. The van der Waals surface area contributed by atoms with E-state index in [0.29, 0.717) is 0 Å². The van der Waals surface area contributed by atoms with E-state index in [0.717, 1.165) is 25.1 Å². The number of hydrogen-bond acceptors (Lipinski definition) is 2. The van der Waals surface area contributed by atoms with Crippen molar-refractivity contribution in [3.63, 3.8) is 0 Å². The molecule has 0 saturated heterocycles. The van der Waals surface area contributed by atoms with E-state index in [9.17, 15) is 4.79 Å². The maximum Gasteiger partial charge on any atom is 0.250 e. The molecule has 0 radical (unpaired) electrons. The molecule has 2 aromatic heterocycles. The van der Waals surface area contributed by atoms with Crippen LogP contribution in [0.4, 0.5) is 0 Å². The first kappa shape index (κ1) is 10.7. The van der Waals surface area contributed by atoms with E-state index >= 15 is 0 Å². The van der Waals surface area contributed by atoms with Gasteiger partial charge in [-0.1, -0.05) is 0 Å². The summed E-state index contributed by atoms with van der Waals surface area (Å²) in [5.41, 5.74) is 1.08. The predicted octanol–water partition coefficient (Wildman–Crippen LogP) is 1.44. The molecule has 4 heteroatoms. The lowest BCUT2D eigenvalue weighted by Crippen LogP contribution is -2.19. The van der Waals surface area contributed by atoms with E-state index < -0.39 is 0 Å². The van der Waals surface area contributed by atoms with Gasteiger partial charge in [-0.05, 0) is 25.0 Å². The topological polar surface area (TPSA) is 39.8 Å². The Morgan fingerprint density at radius 1 is 1.31 bits per heavy atom. The van der Waals surface area contributed by atoms with Crippen molar-refractivity contribution in [1.82, 2.24) is 14.1 Å². The van der Waals surface area contributed by atoms with Crippen molar-refractivity contribution in [1.29, 1.82) is 0 Å². The molecule has 0 saturated carbocycles. The molecule has 0 aliphatic carbocycles. The first-order valence-electron chi connectivity index (χ1n) is 5.38. The molecule has 16 heavy (non-hydrogen) atoms. The van der Waals surface area contributed by atoms with E-state index in [2.05, 4.69) is 4.98 Å². The Labute approximate surface area is 94.2 Å². The zero-order valence-corrected chi connectivity index (χ0v) is 9.34. The number of imidazole rings is 1. The normalized spacial score (nSPS) is 10.6. The van der Waals surface area contributed by atoms with Gasteiger partial charge < -0.3 is 9.13 Å². The lowest BCUT2D eigenvalue weighted by atomic mass is 10.3. The molecule has 0 amide bonds. The zero-order valence-electron chi connectivity index (χ0n) is 9.34. The Balaban J connectivity index is 1.92. The van der Waals surface area contributed by atoms with Gasteiger partial charge in [0, 0.05) is 37.7 Å². The molecule has 0 N–H and O–H groups in total. The summed E-state index contributed by atoms with van der Waals surface area (Å²) in [6, 6.07) is 3.62. The lowest BCUT2D eigenvalue weighted by Gasteiger charge is -2.06. The van der Waals surface area contributed by atoms with Crippen LogP contribution in [0.1, 0.15) is 12.0 Å². The van der Waals surface area contributed by atoms with Gasteiger partial charge in [0.15, 0.2) is 0 Å². The van der Waals surface area contributed by atoms with Gasteiger partial charge in [0.05, 0.1) is 6.33 Å². The third-order valence-electron chi connectivity index (χ3n) is 2.53. The average Bonchev–Trinajstić information content (AvgIpc) is 2.74. The van der Waals surface area contributed by atoms with Gasteiger partial charge in [-0.15, -0.1) is 0 Å². The third kappa shape index (κ3) is 2.59. The van der Waals surface area contributed by atoms with Crippen LogP contribution in [-0.4, -0.2) is 14.1 Å². The highest BCUT2D eigenvalue weighted by Gasteiger charge is 1.96. The average molecular weight is 217 g/mol. The van der Waals surface area contributed by atoms with Gasteiger partial charge in [-0.2, -0.15) is 0 Å². The number of nitrogens with zero attached hydrogens (tertiary/aromatic N) is 3. The van der Waals surface area contributed by atoms with E-state index in [4.69, 9.17) is 0 Å². The maximum absolute atomic E-state index is 11.6. The summed E-state index contributed by atoms with van der Waals surface area (Å²) in [6.07, 6.45) is 8.26. The zero-order chi connectivity index (χ0) is 11.4. The quantitative estimate of drug-likeness (QED) is 0.777. The molecular formula is C12H15N3O. The fourth-order valence-corrected chi connectivity index (χ4v) is 1.63. The van der Waals surface area contributed by atoms with E-state index in [1.54, 1.807) is 23.2 Å². The van der Waals surface area contributed by atoms with Crippen LogP contribution in [-0.2, 0) is 13.1 Å². The number of aromatic nitrogens is 3. The predicted molar refractivity (Wildman–Crippen MR) is 62.3 cm³/mol. The number of aryl methyl sites for hydroxylation is 3. The Morgan fingerprint density at radius 3 is 2.88 bits per heavy atom. The summed E-state index contributed by atoms with van der Waals surface area (Å²) in [5.74, 6) is 0. The first-order valence-corrected chi connectivity index (χ1v) is 5.38. The smallest absolute Gasteiger partial charge is 0.250 e. The van der Waals surface area contributed by atoms with Crippen molar-refractivity contribution in [2.24, 2.45) is 0 Å². The number of hydrogen-bond donors (Lipinski definition) is 0. The molecule has 0 spiro atoms. The van der Waals surface area contributed by atoms with Crippen LogP contribution in [0.5, 0.6) is 0 Å². The monoisotopic (exact) mass is 217 g/mol.